The molecule has 3 heterocycles. The van der Waals surface area contributed by atoms with Crippen LogP contribution in [0, 0.1) is 5.92 Å². The van der Waals surface area contributed by atoms with Crippen LogP contribution in [0.5, 0.6) is 0 Å². The molecular weight excluding hydrogens is 294 g/mol. The van der Waals surface area contributed by atoms with E-state index in [1.807, 2.05) is 0 Å². The smallest absolute Gasteiger partial charge is 0.274 e. The minimum Gasteiger partial charge on any atom is -0.336 e. The number of carbonyl (C=O) groups excluding carboxylic acids is 1. The van der Waals surface area contributed by atoms with Crippen LogP contribution in [0.1, 0.15) is 10.5 Å². The first kappa shape index (κ1) is 13.8. The molecule has 0 aromatic carbocycles. The van der Waals surface area contributed by atoms with Gasteiger partial charge in [-0.1, -0.05) is 11.6 Å². The topological polar surface area (TPSA) is 73.0 Å². The second-order valence-electron chi connectivity index (χ2n) is 5.14. The zero-order chi connectivity index (χ0) is 15.0. The maximum Gasteiger partial charge on any atom is 0.274 e. The molecule has 7 nitrogen and oxygen atoms in total. The van der Waals surface area contributed by atoms with Crippen LogP contribution in [0.3, 0.4) is 0 Å². The van der Waals surface area contributed by atoms with E-state index in [2.05, 4.69) is 10.2 Å². The van der Waals surface area contributed by atoms with Gasteiger partial charge in [0.05, 0.1) is 11.2 Å². The highest BCUT2D eigenvalue weighted by molar-refractivity contribution is 6.30. The number of carbonyl (C=O) groups is 1. The molecule has 3 rings (SSSR count). The minimum absolute atomic E-state index is 0.152. The Bertz CT molecular complexity index is 732. The van der Waals surface area contributed by atoms with E-state index >= 15 is 0 Å². The second kappa shape index (κ2) is 5.33. The molecule has 2 aromatic rings. The van der Waals surface area contributed by atoms with Crippen LogP contribution in [0.15, 0.2) is 29.3 Å². The van der Waals surface area contributed by atoms with Crippen LogP contribution in [0.4, 0.5) is 0 Å². The number of hydrogen-bond acceptors (Lipinski definition) is 4. The second-order valence-corrected chi connectivity index (χ2v) is 5.57. The van der Waals surface area contributed by atoms with Crippen LogP contribution in [0.2, 0.25) is 5.02 Å². The van der Waals surface area contributed by atoms with Crippen molar-refractivity contribution in [2.45, 2.75) is 6.54 Å². The largest absolute Gasteiger partial charge is 0.336 e. The van der Waals surface area contributed by atoms with Gasteiger partial charge in [0.2, 0.25) is 0 Å². The fourth-order valence-corrected chi connectivity index (χ4v) is 2.49. The molecule has 0 radical (unpaired) electrons. The van der Waals surface area contributed by atoms with Gasteiger partial charge >= 0.3 is 0 Å². The van der Waals surface area contributed by atoms with Crippen molar-refractivity contribution in [1.82, 2.24) is 24.5 Å². The van der Waals surface area contributed by atoms with Crippen LogP contribution >= 0.6 is 11.6 Å². The summed E-state index contributed by atoms with van der Waals surface area (Å²) in [5, 5.41) is 8.69. The number of halogens is 1. The fourth-order valence-electron chi connectivity index (χ4n) is 2.33. The quantitative estimate of drug-likeness (QED) is 0.823. The van der Waals surface area contributed by atoms with Crippen LogP contribution in [0.25, 0.3) is 0 Å². The Morgan fingerprint density at radius 2 is 2.19 bits per heavy atom. The molecule has 0 bridgehead atoms. The summed E-state index contributed by atoms with van der Waals surface area (Å²) in [6.07, 6.45) is 3.36. The summed E-state index contributed by atoms with van der Waals surface area (Å²) in [4.78, 5) is 25.2. The summed E-state index contributed by atoms with van der Waals surface area (Å²) in [5.41, 5.74) is 0.0567. The molecule has 0 spiro atoms. The van der Waals surface area contributed by atoms with Crippen molar-refractivity contribution in [3.05, 3.63) is 45.6 Å². The summed E-state index contributed by atoms with van der Waals surface area (Å²) >= 11 is 5.81. The van der Waals surface area contributed by atoms with Crippen molar-refractivity contribution in [3.8, 4) is 0 Å². The zero-order valence-corrected chi connectivity index (χ0v) is 12.2. The molecule has 0 aliphatic carbocycles. The van der Waals surface area contributed by atoms with E-state index in [0.29, 0.717) is 24.0 Å². The van der Waals surface area contributed by atoms with Gasteiger partial charge in [0.25, 0.3) is 11.5 Å². The van der Waals surface area contributed by atoms with Crippen molar-refractivity contribution in [3.63, 3.8) is 0 Å². The molecule has 1 saturated heterocycles. The molecule has 1 fully saturated rings. The lowest BCUT2D eigenvalue weighted by atomic mass is 10.00. The number of amides is 1. The van der Waals surface area contributed by atoms with E-state index in [0.717, 1.165) is 11.2 Å². The zero-order valence-electron chi connectivity index (χ0n) is 11.4. The Balaban J connectivity index is 1.59. The summed E-state index contributed by atoms with van der Waals surface area (Å²) in [5.74, 6) is 0.206. The molecule has 1 aliphatic heterocycles. The first-order valence-electron chi connectivity index (χ1n) is 6.54. The lowest BCUT2D eigenvalue weighted by Crippen LogP contribution is -2.51. The number of rotatable bonds is 3. The van der Waals surface area contributed by atoms with E-state index in [1.54, 1.807) is 22.0 Å². The van der Waals surface area contributed by atoms with Gasteiger partial charge in [-0.05, 0) is 6.07 Å². The summed E-state index contributed by atoms with van der Waals surface area (Å²) in [6, 6.07) is 2.81. The summed E-state index contributed by atoms with van der Waals surface area (Å²) in [7, 11) is 1.53. The number of aryl methyl sites for hydroxylation is 1. The molecule has 110 valence electrons. The van der Waals surface area contributed by atoms with Gasteiger partial charge in [0.15, 0.2) is 0 Å². The Labute approximate surface area is 125 Å². The highest BCUT2D eigenvalue weighted by Gasteiger charge is 2.32. The molecule has 21 heavy (non-hydrogen) atoms. The number of hydrogen-bond donors (Lipinski definition) is 0. The molecular formula is C13H14ClN5O2. The average Bonchev–Trinajstić information content (AvgIpc) is 2.81. The van der Waals surface area contributed by atoms with Crippen molar-refractivity contribution in [2.24, 2.45) is 13.0 Å². The van der Waals surface area contributed by atoms with E-state index in [9.17, 15) is 9.59 Å². The first-order chi connectivity index (χ1) is 10.0. The van der Waals surface area contributed by atoms with E-state index in [-0.39, 0.29) is 17.2 Å². The Kier molecular flexibility index (Phi) is 3.50. The number of aromatic nitrogens is 4. The normalized spacial score (nSPS) is 15.0. The highest BCUT2D eigenvalue weighted by atomic mass is 35.5. The van der Waals surface area contributed by atoms with Gasteiger partial charge in [-0.25, -0.2) is 4.68 Å². The third kappa shape index (κ3) is 2.82. The van der Waals surface area contributed by atoms with Gasteiger partial charge < -0.3 is 4.90 Å². The van der Waals surface area contributed by atoms with Crippen LogP contribution in [-0.4, -0.2) is 43.5 Å². The lowest BCUT2D eigenvalue weighted by molar-refractivity contribution is 0.0453. The molecule has 0 saturated carbocycles. The predicted molar refractivity (Wildman–Crippen MR) is 76.1 cm³/mol. The number of likely N-dealkylation sites (tertiary alicyclic amines) is 1. The summed E-state index contributed by atoms with van der Waals surface area (Å²) in [6.45, 7) is 2.04. The third-order valence-corrected chi connectivity index (χ3v) is 3.67. The SMILES string of the molecule is Cn1nc(C(=O)N2CC(Cn3cc(Cl)cn3)C2)ccc1=O. The molecule has 0 atom stereocenters. The van der Waals surface area contributed by atoms with Crippen molar-refractivity contribution < 1.29 is 4.79 Å². The van der Waals surface area contributed by atoms with Gasteiger partial charge in [-0.15, -0.1) is 0 Å². The maximum atomic E-state index is 12.2. The first-order valence-corrected chi connectivity index (χ1v) is 6.92. The monoisotopic (exact) mass is 307 g/mol. The Morgan fingerprint density at radius 3 is 2.81 bits per heavy atom. The van der Waals surface area contributed by atoms with Crippen LogP contribution in [-0.2, 0) is 13.6 Å². The molecule has 2 aromatic heterocycles. The molecule has 8 heteroatoms. The summed E-state index contributed by atoms with van der Waals surface area (Å²) < 4.78 is 2.94. The van der Waals surface area contributed by atoms with Crippen LogP contribution < -0.4 is 5.56 Å². The molecule has 0 N–H and O–H groups in total. The minimum atomic E-state index is -0.233. The van der Waals surface area contributed by atoms with E-state index in [4.69, 9.17) is 11.6 Å². The number of nitrogens with zero attached hydrogens (tertiary/aromatic N) is 5. The standard InChI is InChI=1S/C13H14ClN5O2/c1-17-12(20)3-2-11(16-17)13(21)18-5-9(6-18)7-19-8-10(14)4-15-19/h2-4,8-9H,5-7H2,1H3. The molecule has 1 amide bonds. The molecule has 1 aliphatic rings. The fraction of sp³-hybridized carbons (Fsp3) is 0.385. The highest BCUT2D eigenvalue weighted by Crippen LogP contribution is 2.20. The van der Waals surface area contributed by atoms with E-state index in [1.165, 1.54) is 19.2 Å². The molecule has 0 unspecified atom stereocenters. The maximum absolute atomic E-state index is 12.2. The van der Waals surface area contributed by atoms with Crippen molar-refractivity contribution in [1.29, 1.82) is 0 Å². The Morgan fingerprint density at radius 1 is 1.43 bits per heavy atom. The van der Waals surface area contributed by atoms with Gasteiger partial charge in [0.1, 0.15) is 5.69 Å². The third-order valence-electron chi connectivity index (χ3n) is 3.47. The van der Waals surface area contributed by atoms with Gasteiger partial charge in [-0.3, -0.25) is 14.3 Å². The average molecular weight is 308 g/mol. The lowest BCUT2D eigenvalue weighted by Gasteiger charge is -2.38. The van der Waals surface area contributed by atoms with Crippen molar-refractivity contribution in [2.75, 3.05) is 13.1 Å². The van der Waals surface area contributed by atoms with Gasteiger partial charge in [-0.2, -0.15) is 10.2 Å². The van der Waals surface area contributed by atoms with E-state index < -0.39 is 0 Å². The van der Waals surface area contributed by atoms with Gasteiger partial charge in [0, 0.05) is 44.9 Å². The Hall–Kier alpha value is -2.15. The predicted octanol–water partition coefficient (Wildman–Crippen LogP) is 0.402. The van der Waals surface area contributed by atoms with Crippen molar-refractivity contribution >= 4 is 17.5 Å².